The van der Waals surface area contributed by atoms with Gasteiger partial charge in [0.25, 0.3) is 0 Å². The zero-order valence-electron chi connectivity index (χ0n) is 8.45. The van der Waals surface area contributed by atoms with Gasteiger partial charge in [0.1, 0.15) is 6.07 Å². The molecule has 2 rings (SSSR count). The summed E-state index contributed by atoms with van der Waals surface area (Å²) in [5, 5.41) is 9.08. The van der Waals surface area contributed by atoms with Crippen molar-refractivity contribution in [2.75, 3.05) is 18.0 Å². The minimum absolute atomic E-state index is 0.842. The third-order valence-corrected chi connectivity index (χ3v) is 2.81. The van der Waals surface area contributed by atoms with Gasteiger partial charge in [-0.25, -0.2) is 0 Å². The quantitative estimate of drug-likeness (QED) is 0.673. The van der Waals surface area contributed by atoms with E-state index < -0.39 is 0 Å². The van der Waals surface area contributed by atoms with Crippen LogP contribution in [0.4, 0.5) is 5.69 Å². The van der Waals surface area contributed by atoms with Gasteiger partial charge in [0.2, 0.25) is 0 Å². The average molecular weight is 186 g/mol. The van der Waals surface area contributed by atoms with Gasteiger partial charge < -0.3 is 4.90 Å². The van der Waals surface area contributed by atoms with E-state index >= 15 is 0 Å². The largest absolute Gasteiger partial charge is 0.370 e. The molecule has 1 saturated heterocycles. The van der Waals surface area contributed by atoms with Crippen molar-refractivity contribution in [3.63, 3.8) is 0 Å². The Kier molecular flexibility index (Phi) is 2.41. The van der Waals surface area contributed by atoms with Crippen LogP contribution in [0.15, 0.2) is 18.2 Å². The lowest BCUT2D eigenvalue weighted by Crippen LogP contribution is -2.19. The van der Waals surface area contributed by atoms with Crippen molar-refractivity contribution in [1.29, 1.82) is 5.26 Å². The molecule has 0 unspecified atom stereocenters. The van der Waals surface area contributed by atoms with Gasteiger partial charge in [-0.05, 0) is 31.4 Å². The van der Waals surface area contributed by atoms with E-state index in [1.165, 1.54) is 12.8 Å². The second kappa shape index (κ2) is 3.71. The maximum Gasteiger partial charge on any atom is 0.102 e. The molecule has 1 aliphatic rings. The summed E-state index contributed by atoms with van der Waals surface area (Å²) in [5.41, 5.74) is 3.04. The lowest BCUT2D eigenvalue weighted by molar-refractivity contribution is 0.949. The van der Waals surface area contributed by atoms with E-state index in [9.17, 15) is 0 Å². The molecule has 2 nitrogen and oxygen atoms in total. The molecule has 1 fully saturated rings. The van der Waals surface area contributed by atoms with E-state index in [0.717, 1.165) is 29.9 Å². The number of nitrogens with zero attached hydrogens (tertiary/aromatic N) is 2. The maximum absolute atomic E-state index is 9.08. The van der Waals surface area contributed by atoms with E-state index in [1.807, 2.05) is 19.1 Å². The minimum atomic E-state index is 0.842. The Hall–Kier alpha value is -1.49. The zero-order valence-corrected chi connectivity index (χ0v) is 8.45. The van der Waals surface area contributed by atoms with Crippen molar-refractivity contribution in [3.05, 3.63) is 29.3 Å². The van der Waals surface area contributed by atoms with Crippen LogP contribution in [0.1, 0.15) is 24.0 Å². The second-order valence-electron chi connectivity index (χ2n) is 3.77. The van der Waals surface area contributed by atoms with Crippen molar-refractivity contribution < 1.29 is 0 Å². The van der Waals surface area contributed by atoms with Crippen molar-refractivity contribution in [2.24, 2.45) is 0 Å². The topological polar surface area (TPSA) is 27.0 Å². The van der Waals surface area contributed by atoms with Gasteiger partial charge in [-0.2, -0.15) is 5.26 Å². The van der Waals surface area contributed by atoms with Crippen LogP contribution in [0.2, 0.25) is 0 Å². The Morgan fingerprint density at radius 2 is 2.00 bits per heavy atom. The number of hydrogen-bond donors (Lipinski definition) is 0. The predicted octanol–water partition coefficient (Wildman–Crippen LogP) is 2.47. The molecular weight excluding hydrogens is 172 g/mol. The fourth-order valence-corrected chi connectivity index (χ4v) is 2.02. The Morgan fingerprint density at radius 1 is 1.29 bits per heavy atom. The van der Waals surface area contributed by atoms with Crippen molar-refractivity contribution in [1.82, 2.24) is 0 Å². The van der Waals surface area contributed by atoms with Gasteiger partial charge in [-0.1, -0.05) is 12.1 Å². The SMILES string of the molecule is Cc1cccc(N2CCCC2)c1C#N. The number of benzene rings is 1. The molecule has 72 valence electrons. The van der Waals surface area contributed by atoms with E-state index in [4.69, 9.17) is 5.26 Å². The van der Waals surface area contributed by atoms with E-state index in [-0.39, 0.29) is 0 Å². The molecule has 0 saturated carbocycles. The summed E-state index contributed by atoms with van der Waals surface area (Å²) in [5.74, 6) is 0. The maximum atomic E-state index is 9.08. The second-order valence-corrected chi connectivity index (χ2v) is 3.77. The molecule has 0 amide bonds. The van der Waals surface area contributed by atoms with Crippen LogP contribution < -0.4 is 4.90 Å². The fourth-order valence-electron chi connectivity index (χ4n) is 2.02. The van der Waals surface area contributed by atoms with Crippen molar-refractivity contribution in [2.45, 2.75) is 19.8 Å². The number of nitriles is 1. The van der Waals surface area contributed by atoms with E-state index in [2.05, 4.69) is 17.0 Å². The fraction of sp³-hybridized carbons (Fsp3) is 0.417. The molecule has 0 aliphatic carbocycles. The molecule has 0 radical (unpaired) electrons. The molecule has 1 aliphatic heterocycles. The Morgan fingerprint density at radius 3 is 2.64 bits per heavy atom. The Balaban J connectivity index is 2.42. The third-order valence-electron chi connectivity index (χ3n) is 2.81. The number of rotatable bonds is 1. The average Bonchev–Trinajstić information content (AvgIpc) is 2.70. The summed E-state index contributed by atoms with van der Waals surface area (Å²) < 4.78 is 0. The first-order chi connectivity index (χ1) is 6.83. The third kappa shape index (κ3) is 1.46. The highest BCUT2D eigenvalue weighted by molar-refractivity contribution is 5.62. The van der Waals surface area contributed by atoms with Crippen LogP contribution in [0, 0.1) is 18.3 Å². The lowest BCUT2D eigenvalue weighted by Gasteiger charge is -2.19. The molecule has 14 heavy (non-hydrogen) atoms. The smallest absolute Gasteiger partial charge is 0.102 e. The van der Waals surface area contributed by atoms with Gasteiger partial charge in [0, 0.05) is 13.1 Å². The molecule has 2 heteroatoms. The predicted molar refractivity (Wildman–Crippen MR) is 57.3 cm³/mol. The summed E-state index contributed by atoms with van der Waals surface area (Å²) in [6, 6.07) is 8.38. The van der Waals surface area contributed by atoms with Gasteiger partial charge in [0.05, 0.1) is 11.3 Å². The van der Waals surface area contributed by atoms with Crippen LogP contribution in [0.25, 0.3) is 0 Å². The van der Waals surface area contributed by atoms with E-state index in [0.29, 0.717) is 0 Å². The summed E-state index contributed by atoms with van der Waals surface area (Å²) in [6.07, 6.45) is 2.50. The van der Waals surface area contributed by atoms with Crippen LogP contribution in [0.3, 0.4) is 0 Å². The van der Waals surface area contributed by atoms with Crippen LogP contribution in [0.5, 0.6) is 0 Å². The zero-order chi connectivity index (χ0) is 9.97. The number of hydrogen-bond acceptors (Lipinski definition) is 2. The molecule has 0 aromatic heterocycles. The molecule has 0 bridgehead atoms. The lowest BCUT2D eigenvalue weighted by atomic mass is 10.1. The first kappa shape index (κ1) is 9.08. The molecule has 0 spiro atoms. The van der Waals surface area contributed by atoms with Gasteiger partial charge in [-0.3, -0.25) is 0 Å². The number of aryl methyl sites for hydroxylation is 1. The van der Waals surface area contributed by atoms with Crippen molar-refractivity contribution >= 4 is 5.69 Å². The standard InChI is InChI=1S/C12H14N2/c1-10-5-4-6-12(11(10)9-13)14-7-2-3-8-14/h4-6H,2-3,7-8H2,1H3. The van der Waals surface area contributed by atoms with Gasteiger partial charge in [-0.15, -0.1) is 0 Å². The van der Waals surface area contributed by atoms with Gasteiger partial charge >= 0.3 is 0 Å². The molecule has 0 atom stereocenters. The highest BCUT2D eigenvalue weighted by atomic mass is 15.1. The monoisotopic (exact) mass is 186 g/mol. The molecule has 1 heterocycles. The minimum Gasteiger partial charge on any atom is -0.370 e. The van der Waals surface area contributed by atoms with Crippen molar-refractivity contribution in [3.8, 4) is 6.07 Å². The summed E-state index contributed by atoms with van der Waals surface area (Å²) >= 11 is 0. The van der Waals surface area contributed by atoms with Gasteiger partial charge in [0.15, 0.2) is 0 Å². The summed E-state index contributed by atoms with van der Waals surface area (Å²) in [4.78, 5) is 2.31. The highest BCUT2D eigenvalue weighted by Crippen LogP contribution is 2.25. The highest BCUT2D eigenvalue weighted by Gasteiger charge is 2.16. The summed E-state index contributed by atoms with van der Waals surface area (Å²) in [6.45, 7) is 4.19. The molecular formula is C12H14N2. The Labute approximate surface area is 84.8 Å². The van der Waals surface area contributed by atoms with Crippen LogP contribution >= 0.6 is 0 Å². The Bertz CT molecular complexity index is 370. The summed E-state index contributed by atoms with van der Waals surface area (Å²) in [7, 11) is 0. The first-order valence-electron chi connectivity index (χ1n) is 5.07. The first-order valence-corrected chi connectivity index (χ1v) is 5.07. The van der Waals surface area contributed by atoms with E-state index in [1.54, 1.807) is 0 Å². The molecule has 1 aromatic carbocycles. The number of anilines is 1. The van der Waals surface area contributed by atoms with Crippen LogP contribution in [-0.2, 0) is 0 Å². The molecule has 1 aromatic rings. The van der Waals surface area contributed by atoms with Crippen LogP contribution in [-0.4, -0.2) is 13.1 Å². The molecule has 0 N–H and O–H groups in total. The normalized spacial score (nSPS) is 15.6.